The molecule has 5 amide bonds. The third-order valence-electron chi connectivity index (χ3n) is 20.9. The third kappa shape index (κ3) is 27.7. The summed E-state index contributed by atoms with van der Waals surface area (Å²) in [4.78, 5) is 139. The number of aromatic nitrogens is 3. The summed E-state index contributed by atoms with van der Waals surface area (Å²) in [6.07, 6.45) is 5.77. The largest absolute Gasteiger partial charge is 0.542 e. The molecule has 3 aliphatic heterocycles. The van der Waals surface area contributed by atoms with Gasteiger partial charge in [-0.1, -0.05) is 122 Å². The zero-order chi connectivity index (χ0) is 95.1. The molecule has 127 heavy (non-hydrogen) atoms. The molecule has 0 saturated heterocycles. The van der Waals surface area contributed by atoms with Gasteiger partial charge in [0.1, 0.15) is 73.4 Å². The maximum absolute atomic E-state index is 15.8. The van der Waals surface area contributed by atoms with Gasteiger partial charge in [-0.3, -0.25) is 59.6 Å². The molecule has 6 aliphatic rings. The molecule has 6 heterocycles. The molecule has 8 N–H and O–H groups in total. The second-order valence-corrected chi connectivity index (χ2v) is 51.8. The normalized spacial score (nSPS) is 22.6. The van der Waals surface area contributed by atoms with E-state index < -0.39 is 101 Å². The van der Waals surface area contributed by atoms with Gasteiger partial charge in [0.2, 0.25) is 17.7 Å². The number of aromatic carboxylic acids is 1. The molecule has 3 fully saturated rings. The van der Waals surface area contributed by atoms with Crippen LogP contribution < -0.4 is 27.4 Å². The number of carboxylic acids is 1. The zero-order valence-electron chi connectivity index (χ0n) is 75.5. The SMILES string of the molecule is CNC(=O)[C@]12C[C@H]1[C@@](C)(c1cc(CC(=O)c3ccc(Cl)cn3)ccc1F)N=C(N(COCC[Si](C)(C)C)C(=O)OC(C)(C)C)S2.CNC(=O)[C@]12C[C@H]1[C@@](C)(c1cc(CC(=O)c3ccc(Cl)cn3)ccc1F)N=C(N)S2.CNC(=O)[C@]12C[C@H]1[C@@](C)(c1cc(N)ccc1F)N=C(N(COCC[Si](C)(C)C)C(=O)OC(C)(C)C)S2.C[C-]=O.O=C(O)c1ccc(Cl)cn1.[2H]CF.[U]. The van der Waals surface area contributed by atoms with Crippen LogP contribution in [0.1, 0.15) is 149 Å². The number of benzene rings is 3. The number of nitrogens with two attached hydrogens (primary N) is 2. The van der Waals surface area contributed by atoms with Crippen LogP contribution in [0.2, 0.25) is 66.4 Å². The Morgan fingerprint density at radius 3 is 1.17 bits per heavy atom. The van der Waals surface area contributed by atoms with Crippen molar-refractivity contribution in [3.05, 3.63) is 187 Å². The van der Waals surface area contributed by atoms with Crippen LogP contribution in [0.4, 0.5) is 32.8 Å². The average molecular weight is 2140 g/mol. The molecule has 9 atom stereocenters. The molecule has 40 heteroatoms. The van der Waals surface area contributed by atoms with E-state index in [9.17, 15) is 47.1 Å². The Hall–Kier alpha value is -7.80. The summed E-state index contributed by atoms with van der Waals surface area (Å²) in [6, 6.07) is 24.3. The number of carbonyl (C=O) groups is 8. The van der Waals surface area contributed by atoms with Crippen molar-refractivity contribution in [1.82, 2.24) is 40.7 Å². The summed E-state index contributed by atoms with van der Waals surface area (Å²) in [7, 11) is 0.939. The van der Waals surface area contributed by atoms with E-state index >= 15 is 8.78 Å². The van der Waals surface area contributed by atoms with Crippen LogP contribution in [0.5, 0.6) is 0 Å². The molecule has 0 bridgehead atoms. The Morgan fingerprint density at radius 2 is 0.866 bits per heavy atom. The molecule has 3 saturated carbocycles. The first-order valence-corrected chi connectivity index (χ1v) is 51.0. The monoisotopic (exact) mass is 2130 g/mol. The Labute approximate surface area is 793 Å². The van der Waals surface area contributed by atoms with Crippen LogP contribution in [0.3, 0.4) is 0 Å². The number of carbonyl (C=O) groups excluding carboxylic acids is 8. The Balaban J connectivity index is 0.000000275. The fourth-order valence-electron chi connectivity index (χ4n) is 14.3. The predicted octanol–water partition coefficient (Wildman–Crippen LogP) is 16.7. The molecule has 3 aliphatic carbocycles. The smallest absolute Gasteiger partial charge is 0.418 e. The van der Waals surface area contributed by atoms with Gasteiger partial charge in [0, 0.05) is 153 Å². The molecule has 27 nitrogen and oxygen atoms in total. The number of nitrogens with one attached hydrogen (secondary N) is 3. The van der Waals surface area contributed by atoms with Gasteiger partial charge in [-0.2, -0.15) is 6.92 Å². The Bertz CT molecular complexity index is 5130. The van der Waals surface area contributed by atoms with Crippen molar-refractivity contribution in [1.29, 1.82) is 0 Å². The van der Waals surface area contributed by atoms with Crippen molar-refractivity contribution in [2.24, 2.45) is 38.5 Å². The summed E-state index contributed by atoms with van der Waals surface area (Å²) in [6.45, 7) is 31.4. The number of pyridine rings is 3. The fourth-order valence-corrected chi connectivity index (χ4v) is 20.8. The molecule has 6 aromatic rings. The number of carboxylic acid groups (broad SMARTS) is 1. The first-order valence-electron chi connectivity index (χ1n) is 40.7. The van der Waals surface area contributed by atoms with Gasteiger partial charge in [0.15, 0.2) is 27.1 Å². The minimum atomic E-state index is -1.41. The molecule has 0 unspecified atom stereocenters. The van der Waals surface area contributed by atoms with Crippen molar-refractivity contribution in [3.8, 4) is 0 Å². The van der Waals surface area contributed by atoms with Crippen LogP contribution in [0, 0.1) is 66.3 Å². The quantitative estimate of drug-likeness (QED) is 0.00660. The van der Waals surface area contributed by atoms with Crippen LogP contribution in [0.25, 0.3) is 0 Å². The number of Topliss-reactive ketones (excluding diaryl/α,β-unsaturated/α-hetero) is 2. The number of ketones is 2. The van der Waals surface area contributed by atoms with E-state index in [1.165, 1.54) is 113 Å². The van der Waals surface area contributed by atoms with Gasteiger partial charge in [0.25, 0.3) is 0 Å². The van der Waals surface area contributed by atoms with E-state index in [4.69, 9.17) is 86.5 Å². The summed E-state index contributed by atoms with van der Waals surface area (Å²) in [5.74, 6) is -4.34. The number of hydrogen-bond donors (Lipinski definition) is 6. The molecule has 0 spiro atoms. The average Bonchev–Trinajstić information content (AvgIpc) is 1.53. The van der Waals surface area contributed by atoms with Crippen molar-refractivity contribution >= 4 is 161 Å². The first kappa shape index (κ1) is 106. The number of hydrogen-bond acceptors (Lipinski definition) is 24. The van der Waals surface area contributed by atoms with Crippen LogP contribution in [-0.4, -0.2) is 196 Å². The number of ether oxygens (including phenoxy) is 4. The van der Waals surface area contributed by atoms with E-state index in [0.29, 0.717) is 75.5 Å². The number of amidine groups is 3. The predicted molar refractivity (Wildman–Crippen MR) is 493 cm³/mol. The number of rotatable bonds is 23. The number of amides is 5. The van der Waals surface area contributed by atoms with Gasteiger partial charge in [-0.05, 0) is 184 Å². The van der Waals surface area contributed by atoms with E-state index in [2.05, 4.69) is 75.2 Å². The second kappa shape index (κ2) is 44.4. The standard InChI is InChI=1S/C32H42ClFN4O5SSi.C25H39FN4O4SSi.C21H20ClFN4O2S.C6H4ClNO2.C2H3O.CH3F.U/c1-30(2,3)43-29(41)38(19-42-13-14-45(6,7)8)28-37-31(4,26-17-32(26,44-28)27(40)35-5)22-15-20(9-11-23(22)34)16-25(39)24-12-10-21(33)18-36-24;1-23(2,3)34-22(32)30(15-33-11-12-36(6,7)8)21-29-24(4,17-13-16(27)9-10-18(17)26)19-14-25(19,35-21)20(31)28-5;1-20(17-9-21(17,18(29)25-2)30-19(24)27-20)13-7-11(3-5-14(13)23)8-16(28)15-6-4-12(22)10-26-15;7-4-1-2-5(6(9)10)8-3-4;1-2-3;1-2;/h9-12,15,18,26H,13-14,16-17,19H2,1-8H3,(H,35,40);9-10,13,19H,11-12,14-15,27H2,1-8H3,(H,28,31);3-7,10,17H,8-9H2,1-2H3,(H2,24,27)(H,25,29);1-3H,(H,9,10);1H3;1H3;/q;;;;-1;;/t26-,31+,32-;19-,24+,25-;17-,20+,21-;;;;/m000..../s1/i;;;;;1D;. The molecule has 688 valence electrons. The molecule has 3 aromatic carbocycles. The summed E-state index contributed by atoms with van der Waals surface area (Å²) >= 11 is 20.8. The Kier molecular flexibility index (Phi) is 37.1. The maximum Gasteiger partial charge on any atom is 0.418 e. The minimum Gasteiger partial charge on any atom is -0.542 e. The van der Waals surface area contributed by atoms with Crippen molar-refractivity contribution < 1.29 is 117 Å². The number of halogens is 7. The number of fused-ring (bicyclic) bond motifs is 3. The van der Waals surface area contributed by atoms with Gasteiger partial charge in [-0.25, -0.2) is 42.3 Å². The zero-order valence-corrected chi connectivity index (χ0v) is 85.3. The van der Waals surface area contributed by atoms with Crippen LogP contribution in [0.15, 0.2) is 125 Å². The number of alkyl halides is 1. The van der Waals surface area contributed by atoms with E-state index in [1.807, 2.05) is 0 Å². The summed E-state index contributed by atoms with van der Waals surface area (Å²) in [5, 5.41) is 18.5. The fraction of sp³-hybridized carbons (Fsp3) is 0.483. The molecule has 12 rings (SSSR count). The second-order valence-electron chi connectivity index (χ2n) is 35.3. The van der Waals surface area contributed by atoms with Gasteiger partial charge >= 0.3 is 18.2 Å². The first-order chi connectivity index (χ1) is 59.1. The third-order valence-corrected chi connectivity index (χ3v) is 29.3. The van der Waals surface area contributed by atoms with Crippen molar-refractivity contribution in [3.63, 3.8) is 0 Å². The Morgan fingerprint density at radius 1 is 0.551 bits per heavy atom. The molecular formula is C87H111Cl3F4N13O14S3Si2U-. The van der Waals surface area contributed by atoms with Gasteiger partial charge < -0.3 is 56.3 Å². The minimum absolute atomic E-state index is 0. The van der Waals surface area contributed by atoms with Gasteiger partial charge in [0.05, 0.1) is 40.2 Å². The topological polar surface area (TPSA) is 381 Å². The molecule has 3 aromatic heterocycles. The maximum atomic E-state index is 15.8. The van der Waals surface area contributed by atoms with E-state index in [1.54, 1.807) is 138 Å². The summed E-state index contributed by atoms with van der Waals surface area (Å²) < 4.78 is 81.9. The number of thioether (sulfide) groups is 3. The number of nitrogens with zero attached hydrogens (tertiary/aromatic N) is 8. The van der Waals surface area contributed by atoms with Crippen LogP contribution >= 0.6 is 70.1 Å². The molecule has 0 radical (unpaired) electrons. The number of aliphatic imine (C=N–C) groups is 3. The number of anilines is 1. The summed E-state index contributed by atoms with van der Waals surface area (Å²) in [5.41, 5.74) is 10.1. The van der Waals surface area contributed by atoms with E-state index in [0.717, 1.165) is 12.1 Å². The van der Waals surface area contributed by atoms with Crippen molar-refractivity contribution in [2.45, 2.75) is 195 Å². The van der Waals surface area contributed by atoms with E-state index in [-0.39, 0.29) is 143 Å². The number of nitrogen functional groups attached to an aromatic ring is 1. The van der Waals surface area contributed by atoms with Gasteiger partial charge in [-0.15, -0.1) is 0 Å². The molecular weight excluding hydrogens is 2020 g/mol. The van der Waals surface area contributed by atoms with Crippen LogP contribution in [-0.2, 0) is 67.6 Å². The van der Waals surface area contributed by atoms with Crippen molar-refractivity contribution in [2.75, 3.05) is 60.7 Å².